The van der Waals surface area contributed by atoms with Crippen molar-refractivity contribution in [1.29, 1.82) is 0 Å². The van der Waals surface area contributed by atoms with E-state index in [1.807, 2.05) is 0 Å². The van der Waals surface area contributed by atoms with Gasteiger partial charge in [-0.3, -0.25) is 9.69 Å². The Morgan fingerprint density at radius 2 is 1.77 bits per heavy atom. The molecule has 0 saturated carbocycles. The van der Waals surface area contributed by atoms with Crippen LogP contribution in [0.2, 0.25) is 0 Å². The highest BCUT2D eigenvalue weighted by molar-refractivity contribution is 8.15. The number of rotatable bonds is 8. The van der Waals surface area contributed by atoms with E-state index in [1.165, 1.54) is 47.3 Å². The number of carbonyl (C=O) groups excluding carboxylic acids is 2. The van der Waals surface area contributed by atoms with Crippen molar-refractivity contribution in [1.82, 2.24) is 14.8 Å². The molecule has 4 aromatic rings. The third kappa shape index (κ3) is 7.16. The Bertz CT molecular complexity index is 1690. The van der Waals surface area contributed by atoms with Gasteiger partial charge in [-0.2, -0.15) is 4.99 Å². The summed E-state index contributed by atoms with van der Waals surface area (Å²) in [6.07, 6.45) is -6.10. The minimum atomic E-state index is -4.79. The summed E-state index contributed by atoms with van der Waals surface area (Å²) in [6, 6.07) is 16.4. The molecule has 0 radical (unpaired) electrons. The zero-order chi connectivity index (χ0) is 31.4. The van der Waals surface area contributed by atoms with Crippen LogP contribution in [0.25, 0.3) is 17.1 Å². The van der Waals surface area contributed by atoms with Crippen molar-refractivity contribution in [2.75, 3.05) is 24.4 Å². The highest BCUT2D eigenvalue weighted by Crippen LogP contribution is 2.32. The number of thioether (sulfide) groups is 1. The summed E-state index contributed by atoms with van der Waals surface area (Å²) in [5.41, 5.74) is 2.52. The third-order valence-corrected chi connectivity index (χ3v) is 7.23. The number of methoxy groups -OCH3 is 1. The molecular weight excluding hydrogens is 606 g/mol. The highest BCUT2D eigenvalue weighted by Gasteiger charge is 2.32. The van der Waals surface area contributed by atoms with E-state index in [1.54, 1.807) is 37.3 Å². The minimum Gasteiger partial charge on any atom is -0.497 e. The number of ether oxygens (including phenoxy) is 3. The molecule has 3 aromatic carbocycles. The van der Waals surface area contributed by atoms with Crippen molar-refractivity contribution in [2.45, 2.75) is 19.5 Å². The molecule has 0 bridgehead atoms. The molecule has 2 heterocycles. The summed E-state index contributed by atoms with van der Waals surface area (Å²) < 4.78 is 67.5. The van der Waals surface area contributed by atoms with Gasteiger partial charge in [-0.05, 0) is 60.5 Å². The van der Waals surface area contributed by atoms with Crippen molar-refractivity contribution < 1.29 is 41.4 Å². The van der Waals surface area contributed by atoms with Crippen LogP contribution < -0.4 is 14.4 Å². The number of halogens is 4. The van der Waals surface area contributed by atoms with Gasteiger partial charge in [-0.25, -0.2) is 18.9 Å². The van der Waals surface area contributed by atoms with E-state index in [2.05, 4.69) is 19.8 Å². The molecule has 15 heteroatoms. The van der Waals surface area contributed by atoms with E-state index >= 15 is 0 Å². The number of nitrogens with zero attached hydrogens (tertiary/aromatic N) is 5. The van der Waals surface area contributed by atoms with Crippen molar-refractivity contribution in [3.8, 4) is 28.6 Å². The van der Waals surface area contributed by atoms with Crippen molar-refractivity contribution in [3.05, 3.63) is 84.2 Å². The fourth-order valence-electron chi connectivity index (χ4n) is 4.20. The van der Waals surface area contributed by atoms with Crippen molar-refractivity contribution in [2.24, 2.45) is 4.99 Å². The Morgan fingerprint density at radius 3 is 2.43 bits per heavy atom. The van der Waals surface area contributed by atoms with Crippen LogP contribution in [-0.2, 0) is 9.53 Å². The largest absolute Gasteiger partial charge is 0.573 e. The van der Waals surface area contributed by atoms with E-state index < -0.39 is 25.2 Å². The number of aliphatic imine (C=N–C) groups is 1. The molecule has 1 unspecified atom stereocenters. The maximum absolute atomic E-state index is 14.9. The summed E-state index contributed by atoms with van der Waals surface area (Å²) in [7, 11) is 1.53. The molecule has 0 N–H and O–H groups in total. The molecule has 1 atom stereocenters. The Balaban J connectivity index is 1.19. The molecule has 2 amide bonds. The summed E-state index contributed by atoms with van der Waals surface area (Å²) in [4.78, 5) is 34.3. The van der Waals surface area contributed by atoms with Gasteiger partial charge in [0.15, 0.2) is 17.2 Å². The number of benzene rings is 3. The van der Waals surface area contributed by atoms with E-state index in [0.717, 1.165) is 29.5 Å². The van der Waals surface area contributed by atoms with Crippen LogP contribution in [0.1, 0.15) is 17.3 Å². The molecule has 228 valence electrons. The van der Waals surface area contributed by atoms with Gasteiger partial charge in [0.05, 0.1) is 24.2 Å². The van der Waals surface area contributed by atoms with Crippen LogP contribution in [0.15, 0.2) is 78.0 Å². The maximum Gasteiger partial charge on any atom is 0.573 e. The first-order valence-electron chi connectivity index (χ1n) is 12.9. The van der Waals surface area contributed by atoms with Gasteiger partial charge in [-0.15, -0.1) is 18.3 Å². The van der Waals surface area contributed by atoms with Crippen LogP contribution >= 0.6 is 11.8 Å². The standard InChI is InChI=1S/C29H23F4N5O5S/c1-17-13-22(41-2)11-12-24(17)38-25(39)15-44-27(38)35-28(40)42-14-23(30)18-3-5-19(6-4-18)26-34-16-37(36-26)20-7-9-21(10-8-20)43-29(31,32)33/h3-13,16,23H,14-15H2,1-2H3. The van der Waals surface area contributed by atoms with E-state index in [9.17, 15) is 27.2 Å². The highest BCUT2D eigenvalue weighted by atomic mass is 32.2. The second kappa shape index (κ2) is 12.8. The van der Waals surface area contributed by atoms with Gasteiger partial charge in [0, 0.05) is 5.56 Å². The molecule has 1 aliphatic heterocycles. The minimum absolute atomic E-state index is 0.0892. The van der Waals surface area contributed by atoms with E-state index in [0.29, 0.717) is 28.5 Å². The van der Waals surface area contributed by atoms with E-state index in [-0.39, 0.29) is 28.1 Å². The van der Waals surface area contributed by atoms with E-state index in [4.69, 9.17) is 9.47 Å². The molecule has 0 spiro atoms. The number of hydrogen-bond acceptors (Lipinski definition) is 8. The lowest BCUT2D eigenvalue weighted by Crippen LogP contribution is -2.30. The Labute approximate surface area is 252 Å². The first-order valence-corrected chi connectivity index (χ1v) is 13.9. The summed E-state index contributed by atoms with van der Waals surface area (Å²) >= 11 is 1.07. The van der Waals surface area contributed by atoms with Gasteiger partial charge in [0.25, 0.3) is 0 Å². The quantitative estimate of drug-likeness (QED) is 0.205. The number of alkyl halides is 4. The van der Waals surface area contributed by atoms with Gasteiger partial charge in [0.1, 0.15) is 24.4 Å². The van der Waals surface area contributed by atoms with Gasteiger partial charge in [0.2, 0.25) is 5.91 Å². The Morgan fingerprint density at radius 1 is 1.07 bits per heavy atom. The molecule has 1 fully saturated rings. The molecule has 1 aliphatic rings. The predicted octanol–water partition coefficient (Wildman–Crippen LogP) is 6.43. The normalized spacial score (nSPS) is 15.0. The molecule has 1 saturated heterocycles. The molecule has 0 aliphatic carbocycles. The summed E-state index contributed by atoms with van der Waals surface area (Å²) in [5.74, 6) is 0.375. The number of amidine groups is 1. The maximum atomic E-state index is 14.9. The second-order valence-electron chi connectivity index (χ2n) is 9.29. The predicted molar refractivity (Wildman–Crippen MR) is 154 cm³/mol. The SMILES string of the molecule is COc1ccc(N2C(=O)CSC2=NC(=O)OCC(F)c2ccc(-c3ncn(-c4ccc(OC(F)(F)F)cc4)n3)cc2)c(C)c1. The number of carbonyl (C=O) groups is 2. The summed E-state index contributed by atoms with van der Waals surface area (Å²) in [6.45, 7) is 1.19. The summed E-state index contributed by atoms with van der Waals surface area (Å²) in [5, 5.41) is 4.44. The molecule has 5 rings (SSSR count). The van der Waals surface area contributed by atoms with Crippen LogP contribution in [0, 0.1) is 6.92 Å². The Hall–Kier alpha value is -4.92. The molecular formula is C29H23F4N5O5S. The lowest BCUT2D eigenvalue weighted by molar-refractivity contribution is -0.274. The van der Waals surface area contributed by atoms with Crippen molar-refractivity contribution >= 4 is 34.6 Å². The van der Waals surface area contributed by atoms with Gasteiger partial charge < -0.3 is 14.2 Å². The van der Waals surface area contributed by atoms with Gasteiger partial charge in [-0.1, -0.05) is 36.0 Å². The number of aryl methyl sites for hydroxylation is 1. The number of amides is 2. The average Bonchev–Trinajstić information content (AvgIpc) is 3.63. The average molecular weight is 630 g/mol. The first kappa shape index (κ1) is 30.5. The van der Waals surface area contributed by atoms with Crippen LogP contribution in [-0.4, -0.2) is 57.8 Å². The molecule has 44 heavy (non-hydrogen) atoms. The smallest absolute Gasteiger partial charge is 0.497 e. The fraction of sp³-hybridized carbons (Fsp3) is 0.207. The zero-order valence-corrected chi connectivity index (χ0v) is 23.9. The number of aromatic nitrogens is 3. The lowest BCUT2D eigenvalue weighted by Gasteiger charge is -2.18. The first-order chi connectivity index (χ1) is 21.0. The Kier molecular flexibility index (Phi) is 8.85. The van der Waals surface area contributed by atoms with Crippen LogP contribution in [0.3, 0.4) is 0 Å². The fourth-order valence-corrected chi connectivity index (χ4v) is 5.05. The molecule has 10 nitrogen and oxygen atoms in total. The number of anilines is 1. The third-order valence-electron chi connectivity index (χ3n) is 6.31. The van der Waals surface area contributed by atoms with Crippen LogP contribution in [0.5, 0.6) is 11.5 Å². The van der Waals surface area contributed by atoms with Crippen LogP contribution in [0.4, 0.5) is 28.0 Å². The lowest BCUT2D eigenvalue weighted by atomic mass is 10.1. The van der Waals surface area contributed by atoms with Gasteiger partial charge >= 0.3 is 12.5 Å². The topological polar surface area (TPSA) is 108 Å². The molecule has 1 aromatic heterocycles. The van der Waals surface area contributed by atoms with Crippen molar-refractivity contribution in [3.63, 3.8) is 0 Å². The monoisotopic (exact) mass is 629 g/mol. The number of hydrogen-bond donors (Lipinski definition) is 0. The second-order valence-corrected chi connectivity index (χ2v) is 10.2. The zero-order valence-electron chi connectivity index (χ0n) is 23.1.